The number of hydrogen-bond donors (Lipinski definition) is 1. The highest BCUT2D eigenvalue weighted by atomic mass is 32.1. The fourth-order valence-electron chi connectivity index (χ4n) is 2.06. The topological polar surface area (TPSA) is 43.8 Å². The number of rotatable bonds is 2. The van der Waals surface area contributed by atoms with Gasteiger partial charge in [0.25, 0.3) is 0 Å². The van der Waals surface area contributed by atoms with Crippen molar-refractivity contribution in [1.82, 2.24) is 9.55 Å². The maximum absolute atomic E-state index is 5.89. The van der Waals surface area contributed by atoms with Crippen LogP contribution in [0.2, 0.25) is 0 Å². The van der Waals surface area contributed by atoms with E-state index in [1.807, 2.05) is 29.0 Å². The Morgan fingerprint density at radius 3 is 2.50 bits per heavy atom. The first kappa shape index (κ1) is 11.2. The third-order valence-electron chi connectivity index (χ3n) is 2.83. The molecule has 0 saturated carbocycles. The molecule has 0 radical (unpaired) electrons. The van der Waals surface area contributed by atoms with Crippen LogP contribution in [0.1, 0.15) is 34.0 Å². The van der Waals surface area contributed by atoms with Gasteiger partial charge in [-0.25, -0.2) is 4.98 Å². The summed E-state index contributed by atoms with van der Waals surface area (Å²) in [4.78, 5) is 6.94. The number of imidazole rings is 1. The molecule has 0 aromatic carbocycles. The van der Waals surface area contributed by atoms with Crippen molar-refractivity contribution < 1.29 is 0 Å². The molecule has 2 rings (SSSR count). The molecule has 2 aromatic heterocycles. The third-order valence-corrected chi connectivity index (χ3v) is 3.81. The van der Waals surface area contributed by atoms with Gasteiger partial charge in [0.15, 0.2) is 0 Å². The van der Waals surface area contributed by atoms with Crippen molar-refractivity contribution in [3.8, 4) is 0 Å². The quantitative estimate of drug-likeness (QED) is 0.869. The number of thiophene rings is 1. The van der Waals surface area contributed by atoms with E-state index >= 15 is 0 Å². The van der Waals surface area contributed by atoms with Gasteiger partial charge in [0, 0.05) is 16.0 Å². The normalized spacial score (nSPS) is 13.0. The molecule has 0 spiro atoms. The van der Waals surface area contributed by atoms with Crippen molar-refractivity contribution in [3.05, 3.63) is 33.3 Å². The molecular weight excluding hydrogens is 218 g/mol. The van der Waals surface area contributed by atoms with Gasteiger partial charge < -0.3 is 10.3 Å². The second-order valence-electron chi connectivity index (χ2n) is 4.19. The van der Waals surface area contributed by atoms with Crippen molar-refractivity contribution in [2.45, 2.75) is 33.7 Å². The molecule has 0 aliphatic rings. The maximum Gasteiger partial charge on any atom is 0.200 e. The summed E-state index contributed by atoms with van der Waals surface area (Å²) in [7, 11) is 0. The molecule has 16 heavy (non-hydrogen) atoms. The first-order valence-electron chi connectivity index (χ1n) is 5.37. The van der Waals surface area contributed by atoms with E-state index in [1.54, 1.807) is 0 Å². The van der Waals surface area contributed by atoms with Crippen molar-refractivity contribution in [2.75, 3.05) is 5.73 Å². The van der Waals surface area contributed by atoms with Crippen LogP contribution in [0.15, 0.2) is 12.3 Å². The van der Waals surface area contributed by atoms with E-state index in [0.717, 1.165) is 5.69 Å². The minimum Gasteiger partial charge on any atom is -0.369 e. The number of nitrogens with zero attached hydrogens (tertiary/aromatic N) is 2. The molecule has 0 aliphatic carbocycles. The average molecular weight is 235 g/mol. The summed E-state index contributed by atoms with van der Waals surface area (Å²) in [5, 5.41) is 0. The van der Waals surface area contributed by atoms with Crippen LogP contribution in [0.25, 0.3) is 0 Å². The number of nitrogen functional groups attached to an aromatic ring is 1. The number of nitrogens with two attached hydrogens (primary N) is 1. The van der Waals surface area contributed by atoms with E-state index in [0.29, 0.717) is 5.95 Å². The first-order chi connectivity index (χ1) is 7.49. The van der Waals surface area contributed by atoms with Crippen molar-refractivity contribution in [1.29, 1.82) is 0 Å². The SMILES string of the molecule is Cc1cn(C(C)c2cc(C)sc2C)c(N)n1. The highest BCUT2D eigenvalue weighted by Gasteiger charge is 2.15. The lowest BCUT2D eigenvalue weighted by Gasteiger charge is -2.14. The van der Waals surface area contributed by atoms with Gasteiger partial charge in [0.1, 0.15) is 0 Å². The molecule has 1 atom stereocenters. The minimum atomic E-state index is 0.256. The number of aryl methyl sites for hydroxylation is 3. The summed E-state index contributed by atoms with van der Waals surface area (Å²) in [6.07, 6.45) is 2.01. The Morgan fingerprint density at radius 1 is 1.38 bits per heavy atom. The fourth-order valence-corrected chi connectivity index (χ4v) is 3.08. The summed E-state index contributed by atoms with van der Waals surface area (Å²) < 4.78 is 2.03. The molecule has 0 bridgehead atoms. The van der Waals surface area contributed by atoms with E-state index in [2.05, 4.69) is 31.8 Å². The van der Waals surface area contributed by atoms with Gasteiger partial charge in [-0.15, -0.1) is 11.3 Å². The van der Waals surface area contributed by atoms with Gasteiger partial charge in [0.2, 0.25) is 5.95 Å². The second-order valence-corrected chi connectivity index (χ2v) is 5.65. The molecule has 0 aliphatic heterocycles. The maximum atomic E-state index is 5.89. The van der Waals surface area contributed by atoms with Gasteiger partial charge in [-0.3, -0.25) is 0 Å². The van der Waals surface area contributed by atoms with Gasteiger partial charge in [-0.1, -0.05) is 0 Å². The lowest BCUT2D eigenvalue weighted by Crippen LogP contribution is -2.09. The molecular formula is C12H17N3S. The molecule has 2 heterocycles. The van der Waals surface area contributed by atoms with Gasteiger partial charge in [-0.05, 0) is 39.3 Å². The summed E-state index contributed by atoms with van der Waals surface area (Å²) >= 11 is 1.83. The van der Waals surface area contributed by atoms with Crippen LogP contribution in [0.3, 0.4) is 0 Å². The van der Waals surface area contributed by atoms with E-state index in [1.165, 1.54) is 15.3 Å². The Bertz CT molecular complexity index is 464. The molecule has 3 nitrogen and oxygen atoms in total. The van der Waals surface area contributed by atoms with Crippen LogP contribution >= 0.6 is 11.3 Å². The monoisotopic (exact) mass is 235 g/mol. The van der Waals surface area contributed by atoms with Crippen LogP contribution in [0.4, 0.5) is 5.95 Å². The summed E-state index contributed by atoms with van der Waals surface area (Å²) in [5.41, 5.74) is 8.20. The molecule has 86 valence electrons. The van der Waals surface area contributed by atoms with Crippen molar-refractivity contribution >= 4 is 17.3 Å². The van der Waals surface area contributed by atoms with E-state index < -0.39 is 0 Å². The summed E-state index contributed by atoms with van der Waals surface area (Å²) in [5.74, 6) is 0.591. The molecule has 4 heteroatoms. The summed E-state index contributed by atoms with van der Waals surface area (Å²) in [6, 6.07) is 2.49. The predicted octanol–water partition coefficient (Wildman–Crippen LogP) is 3.06. The largest absolute Gasteiger partial charge is 0.369 e. The average Bonchev–Trinajstić information content (AvgIpc) is 2.68. The number of anilines is 1. The Morgan fingerprint density at radius 2 is 2.06 bits per heavy atom. The molecule has 2 aromatic rings. The summed E-state index contributed by atoms with van der Waals surface area (Å²) in [6.45, 7) is 8.41. The number of hydrogen-bond acceptors (Lipinski definition) is 3. The third kappa shape index (κ3) is 1.85. The lowest BCUT2D eigenvalue weighted by atomic mass is 10.1. The fraction of sp³-hybridized carbons (Fsp3) is 0.417. The van der Waals surface area contributed by atoms with Crippen LogP contribution in [0.5, 0.6) is 0 Å². The highest BCUT2D eigenvalue weighted by Crippen LogP contribution is 2.29. The van der Waals surface area contributed by atoms with E-state index in [-0.39, 0.29) is 6.04 Å². The standard InChI is InChI=1S/C12H17N3S/c1-7-6-15(12(13)14-7)9(3)11-5-8(2)16-10(11)4/h5-6,9H,1-4H3,(H2,13,14). The molecule has 0 saturated heterocycles. The van der Waals surface area contributed by atoms with Crippen LogP contribution in [0, 0.1) is 20.8 Å². The lowest BCUT2D eigenvalue weighted by molar-refractivity contribution is 0.647. The minimum absolute atomic E-state index is 0.256. The second kappa shape index (κ2) is 3.94. The zero-order valence-electron chi connectivity index (χ0n) is 10.1. The zero-order chi connectivity index (χ0) is 11.9. The molecule has 1 unspecified atom stereocenters. The van der Waals surface area contributed by atoms with Gasteiger partial charge in [0.05, 0.1) is 11.7 Å². The molecule has 0 fully saturated rings. The van der Waals surface area contributed by atoms with Crippen LogP contribution < -0.4 is 5.73 Å². The smallest absolute Gasteiger partial charge is 0.200 e. The Kier molecular flexibility index (Phi) is 2.76. The Labute approximate surface area is 99.9 Å². The van der Waals surface area contributed by atoms with E-state index in [9.17, 15) is 0 Å². The van der Waals surface area contributed by atoms with Crippen LogP contribution in [-0.4, -0.2) is 9.55 Å². The van der Waals surface area contributed by atoms with Gasteiger partial charge in [-0.2, -0.15) is 0 Å². The Hall–Kier alpha value is -1.29. The molecule has 2 N–H and O–H groups in total. The van der Waals surface area contributed by atoms with Crippen molar-refractivity contribution in [3.63, 3.8) is 0 Å². The number of aromatic nitrogens is 2. The van der Waals surface area contributed by atoms with Crippen LogP contribution in [-0.2, 0) is 0 Å². The molecule has 0 amide bonds. The Balaban J connectivity index is 2.42. The zero-order valence-corrected chi connectivity index (χ0v) is 10.9. The highest BCUT2D eigenvalue weighted by molar-refractivity contribution is 7.12. The van der Waals surface area contributed by atoms with E-state index in [4.69, 9.17) is 5.73 Å². The first-order valence-corrected chi connectivity index (χ1v) is 6.18. The van der Waals surface area contributed by atoms with Crippen molar-refractivity contribution in [2.24, 2.45) is 0 Å². The van der Waals surface area contributed by atoms with Gasteiger partial charge >= 0.3 is 0 Å². The predicted molar refractivity (Wildman–Crippen MR) is 69.0 cm³/mol.